The largest absolute Gasteiger partial charge is 0.417 e. The topological polar surface area (TPSA) is 112 Å². The van der Waals surface area contributed by atoms with E-state index in [0.29, 0.717) is 28.8 Å². The smallest absolute Gasteiger partial charge is 0.379 e. The number of ether oxygens (including phenoxy) is 1. The number of benzene rings is 2. The number of aliphatic hydroxyl groups excluding tert-OH is 1. The van der Waals surface area contributed by atoms with Crippen molar-refractivity contribution in [3.05, 3.63) is 82.9 Å². The molecule has 10 nitrogen and oxygen atoms in total. The van der Waals surface area contributed by atoms with Crippen molar-refractivity contribution in [3.8, 4) is 5.82 Å². The Hall–Kier alpha value is -3.91. The summed E-state index contributed by atoms with van der Waals surface area (Å²) in [6, 6.07) is 10.4. The van der Waals surface area contributed by atoms with Crippen LogP contribution in [-0.4, -0.2) is 68.9 Å². The zero-order valence-electron chi connectivity index (χ0n) is 22.7. The summed E-state index contributed by atoms with van der Waals surface area (Å²) >= 11 is 5.71. The van der Waals surface area contributed by atoms with Crippen molar-refractivity contribution >= 4 is 34.7 Å². The molecule has 0 saturated carbocycles. The molecule has 1 aliphatic rings. The monoisotopic (exact) mass is 602 g/mol. The van der Waals surface area contributed by atoms with Gasteiger partial charge in [-0.25, -0.2) is 15.0 Å². The van der Waals surface area contributed by atoms with Gasteiger partial charge in [-0.15, -0.1) is 0 Å². The number of anilines is 4. The van der Waals surface area contributed by atoms with Crippen LogP contribution in [0.5, 0.6) is 0 Å². The molecule has 1 unspecified atom stereocenters. The fourth-order valence-electron chi connectivity index (χ4n) is 4.46. The predicted octanol–water partition coefficient (Wildman–Crippen LogP) is 5.23. The minimum atomic E-state index is -4.62. The van der Waals surface area contributed by atoms with Gasteiger partial charge in [0.05, 0.1) is 23.8 Å². The molecule has 0 bridgehead atoms. The minimum Gasteiger partial charge on any atom is -0.379 e. The Morgan fingerprint density at radius 1 is 1.07 bits per heavy atom. The van der Waals surface area contributed by atoms with Crippen molar-refractivity contribution in [3.63, 3.8) is 0 Å². The van der Waals surface area contributed by atoms with Gasteiger partial charge in [0, 0.05) is 61.6 Å². The van der Waals surface area contributed by atoms with Crippen LogP contribution in [0.25, 0.3) is 5.82 Å². The first-order valence-corrected chi connectivity index (χ1v) is 13.6. The quantitative estimate of drug-likeness (QED) is 0.181. The summed E-state index contributed by atoms with van der Waals surface area (Å²) in [6.45, 7) is 6.80. The summed E-state index contributed by atoms with van der Waals surface area (Å²) in [5, 5.41) is 19.7. The number of hydrogen-bond acceptors (Lipinski definition) is 9. The van der Waals surface area contributed by atoms with Gasteiger partial charge in [0.15, 0.2) is 6.23 Å². The molecule has 0 spiro atoms. The lowest BCUT2D eigenvalue weighted by Gasteiger charge is -2.26. The SMILES string of the molecule is Cc1ccc(C(O)Nc2ccc(Cl)c(C(F)(F)F)c2)cc1Nc1nccn1-c1cc(NCCN2CCOCC2)ncn1. The zero-order chi connectivity index (χ0) is 29.7. The van der Waals surface area contributed by atoms with Gasteiger partial charge in [0.1, 0.15) is 18.0 Å². The molecule has 2 aromatic carbocycles. The van der Waals surface area contributed by atoms with Gasteiger partial charge in [0.2, 0.25) is 5.95 Å². The van der Waals surface area contributed by atoms with Gasteiger partial charge >= 0.3 is 6.18 Å². The van der Waals surface area contributed by atoms with Gasteiger partial charge in [-0.2, -0.15) is 13.2 Å². The lowest BCUT2D eigenvalue weighted by molar-refractivity contribution is -0.137. The van der Waals surface area contributed by atoms with E-state index in [1.807, 2.05) is 13.0 Å². The predicted molar refractivity (Wildman–Crippen MR) is 154 cm³/mol. The molecular weight excluding hydrogens is 573 g/mol. The van der Waals surface area contributed by atoms with E-state index < -0.39 is 23.0 Å². The minimum absolute atomic E-state index is 0.0722. The first kappa shape index (κ1) is 29.6. The molecule has 1 aliphatic heterocycles. The first-order valence-electron chi connectivity index (χ1n) is 13.3. The highest BCUT2D eigenvalue weighted by molar-refractivity contribution is 6.31. The number of aromatic nitrogens is 4. The Morgan fingerprint density at radius 3 is 2.67 bits per heavy atom. The normalized spacial score (nSPS) is 14.9. The number of nitrogens with zero attached hydrogens (tertiary/aromatic N) is 5. The van der Waals surface area contributed by atoms with E-state index >= 15 is 0 Å². The zero-order valence-corrected chi connectivity index (χ0v) is 23.5. The number of alkyl halides is 3. The van der Waals surface area contributed by atoms with Crippen molar-refractivity contribution in [2.75, 3.05) is 55.3 Å². The van der Waals surface area contributed by atoms with Gasteiger partial charge in [-0.05, 0) is 36.8 Å². The van der Waals surface area contributed by atoms with E-state index in [-0.39, 0.29) is 5.69 Å². The van der Waals surface area contributed by atoms with Crippen LogP contribution < -0.4 is 16.0 Å². The Morgan fingerprint density at radius 2 is 1.88 bits per heavy atom. The van der Waals surface area contributed by atoms with Crippen LogP contribution in [0.2, 0.25) is 5.02 Å². The highest BCUT2D eigenvalue weighted by Crippen LogP contribution is 2.37. The average molecular weight is 603 g/mol. The molecular formula is C28H30ClF3N8O2. The summed E-state index contributed by atoms with van der Waals surface area (Å²) in [4.78, 5) is 15.5. The molecule has 2 aromatic heterocycles. The number of morpholine rings is 1. The van der Waals surface area contributed by atoms with E-state index in [4.69, 9.17) is 16.3 Å². The standard InChI is InChI=1S/C28H30ClF3N8O2/c1-18-2-3-19(26(41)37-20-4-5-22(29)21(15-20)28(30,31)32)14-23(18)38-27-34-7-9-40(27)25-16-24(35-17-36-25)33-6-8-39-10-12-42-13-11-39/h2-5,7,9,14-17,26,37,41H,6,8,10-13H2,1H3,(H,34,38)(H,33,35,36). The van der Waals surface area contributed by atoms with Crippen molar-refractivity contribution < 1.29 is 23.0 Å². The Bertz CT molecular complexity index is 1510. The van der Waals surface area contributed by atoms with Crippen LogP contribution in [0.4, 0.5) is 36.3 Å². The van der Waals surface area contributed by atoms with Crippen LogP contribution in [0.3, 0.4) is 0 Å². The molecule has 1 atom stereocenters. The summed E-state index contributed by atoms with van der Waals surface area (Å²) in [6.07, 6.45) is -1.04. The van der Waals surface area contributed by atoms with Crippen LogP contribution in [0.1, 0.15) is 22.9 Å². The van der Waals surface area contributed by atoms with Crippen LogP contribution in [0, 0.1) is 6.92 Å². The molecule has 4 N–H and O–H groups in total. The highest BCUT2D eigenvalue weighted by Gasteiger charge is 2.33. The van der Waals surface area contributed by atoms with E-state index in [1.165, 1.54) is 12.4 Å². The molecule has 3 heterocycles. The molecule has 222 valence electrons. The van der Waals surface area contributed by atoms with Gasteiger partial charge in [-0.1, -0.05) is 23.7 Å². The number of aryl methyl sites for hydroxylation is 1. The maximum Gasteiger partial charge on any atom is 0.417 e. The molecule has 1 fully saturated rings. The van der Waals surface area contributed by atoms with E-state index in [1.54, 1.807) is 35.2 Å². The van der Waals surface area contributed by atoms with Crippen molar-refractivity contribution in [2.24, 2.45) is 0 Å². The Kier molecular flexibility index (Phi) is 9.12. The van der Waals surface area contributed by atoms with Crippen LogP contribution >= 0.6 is 11.6 Å². The molecule has 14 heteroatoms. The van der Waals surface area contributed by atoms with E-state index in [0.717, 1.165) is 57.1 Å². The second kappa shape index (κ2) is 12.9. The van der Waals surface area contributed by atoms with Gasteiger partial charge < -0.3 is 25.8 Å². The first-order chi connectivity index (χ1) is 20.2. The average Bonchev–Trinajstić information content (AvgIpc) is 3.43. The van der Waals surface area contributed by atoms with Crippen molar-refractivity contribution in [2.45, 2.75) is 19.3 Å². The number of imidazole rings is 1. The maximum atomic E-state index is 13.3. The third kappa shape index (κ3) is 7.29. The van der Waals surface area contributed by atoms with Crippen molar-refractivity contribution in [1.82, 2.24) is 24.4 Å². The summed E-state index contributed by atoms with van der Waals surface area (Å²) in [5.41, 5.74) is 1.02. The molecule has 1 saturated heterocycles. The fraction of sp³-hybridized carbons (Fsp3) is 0.321. The van der Waals surface area contributed by atoms with E-state index in [2.05, 4.69) is 35.8 Å². The molecule has 0 radical (unpaired) electrons. The van der Waals surface area contributed by atoms with Crippen LogP contribution in [-0.2, 0) is 10.9 Å². The van der Waals surface area contributed by atoms with Crippen molar-refractivity contribution in [1.29, 1.82) is 0 Å². The fourth-order valence-corrected chi connectivity index (χ4v) is 4.69. The maximum absolute atomic E-state index is 13.3. The number of aliphatic hydroxyl groups is 1. The van der Waals surface area contributed by atoms with Gasteiger partial charge in [-0.3, -0.25) is 9.47 Å². The Balaban J connectivity index is 1.28. The number of halogens is 4. The second-order valence-corrected chi connectivity index (χ2v) is 10.1. The third-order valence-electron chi connectivity index (χ3n) is 6.78. The highest BCUT2D eigenvalue weighted by atomic mass is 35.5. The molecule has 5 rings (SSSR count). The molecule has 4 aromatic rings. The number of hydrogen-bond donors (Lipinski definition) is 4. The molecule has 0 amide bonds. The third-order valence-corrected chi connectivity index (χ3v) is 7.11. The van der Waals surface area contributed by atoms with Gasteiger partial charge in [0.25, 0.3) is 0 Å². The number of rotatable bonds is 10. The lowest BCUT2D eigenvalue weighted by atomic mass is 10.1. The van der Waals surface area contributed by atoms with Crippen LogP contribution in [0.15, 0.2) is 61.2 Å². The number of nitrogens with one attached hydrogen (secondary N) is 3. The summed E-state index contributed by atoms with van der Waals surface area (Å²) in [7, 11) is 0. The summed E-state index contributed by atoms with van der Waals surface area (Å²) < 4.78 is 46.9. The lowest BCUT2D eigenvalue weighted by Crippen LogP contribution is -2.39. The molecule has 42 heavy (non-hydrogen) atoms. The van der Waals surface area contributed by atoms with E-state index in [9.17, 15) is 18.3 Å². The second-order valence-electron chi connectivity index (χ2n) is 9.70. The summed E-state index contributed by atoms with van der Waals surface area (Å²) in [5.74, 6) is 1.75. The molecule has 0 aliphatic carbocycles. The Labute approximate surface area is 245 Å².